The number of amides is 2. The first-order chi connectivity index (χ1) is 12.3. The molecule has 0 spiro atoms. The van der Waals surface area contributed by atoms with Crippen LogP contribution >= 0.6 is 0 Å². The Labute approximate surface area is 149 Å². The number of rotatable bonds is 5. The Bertz CT molecular complexity index is 779. The van der Waals surface area contributed by atoms with E-state index in [1.54, 1.807) is 25.1 Å². The zero-order valence-electron chi connectivity index (χ0n) is 14.5. The van der Waals surface area contributed by atoms with E-state index in [1.807, 2.05) is 0 Å². The summed E-state index contributed by atoms with van der Waals surface area (Å²) in [5.74, 6) is 1.02. The first kappa shape index (κ1) is 19.4. The second-order valence-corrected chi connectivity index (χ2v) is 5.48. The summed E-state index contributed by atoms with van der Waals surface area (Å²) in [5, 5.41) is 4.84. The van der Waals surface area contributed by atoms with Crippen molar-refractivity contribution in [2.45, 2.75) is 19.1 Å². The molecule has 0 aliphatic carbocycles. The number of halogens is 3. The van der Waals surface area contributed by atoms with E-state index < -0.39 is 23.8 Å². The fourth-order valence-corrected chi connectivity index (χ4v) is 2.40. The maximum atomic E-state index is 13.0. The van der Waals surface area contributed by atoms with Crippen LogP contribution in [0, 0.1) is 0 Å². The first-order valence-corrected chi connectivity index (χ1v) is 7.72. The van der Waals surface area contributed by atoms with Gasteiger partial charge in [0.1, 0.15) is 0 Å². The van der Waals surface area contributed by atoms with Gasteiger partial charge in [-0.05, 0) is 36.8 Å². The Hall–Kier alpha value is -2.90. The lowest BCUT2D eigenvalue weighted by Crippen LogP contribution is -2.31. The Morgan fingerprint density at radius 2 is 1.69 bits per heavy atom. The van der Waals surface area contributed by atoms with Crippen molar-refractivity contribution in [1.29, 1.82) is 0 Å². The van der Waals surface area contributed by atoms with Gasteiger partial charge in [-0.1, -0.05) is 18.2 Å². The van der Waals surface area contributed by atoms with E-state index in [2.05, 4.69) is 10.6 Å². The zero-order chi connectivity index (χ0) is 19.3. The fourth-order valence-electron chi connectivity index (χ4n) is 2.40. The lowest BCUT2D eigenvalue weighted by molar-refractivity contribution is -0.136. The van der Waals surface area contributed by atoms with Crippen molar-refractivity contribution in [2.24, 2.45) is 0 Å². The third-order valence-corrected chi connectivity index (χ3v) is 3.74. The van der Waals surface area contributed by atoms with Gasteiger partial charge in [0.15, 0.2) is 11.5 Å². The van der Waals surface area contributed by atoms with Crippen LogP contribution in [-0.2, 0) is 6.18 Å². The van der Waals surface area contributed by atoms with Gasteiger partial charge in [0.05, 0.1) is 31.5 Å². The van der Waals surface area contributed by atoms with Crippen LogP contribution in [-0.4, -0.2) is 20.3 Å². The van der Waals surface area contributed by atoms with Gasteiger partial charge in [-0.15, -0.1) is 0 Å². The van der Waals surface area contributed by atoms with E-state index in [4.69, 9.17) is 9.47 Å². The molecule has 26 heavy (non-hydrogen) atoms. The van der Waals surface area contributed by atoms with Crippen LogP contribution in [0.4, 0.5) is 23.7 Å². The number of hydrogen-bond acceptors (Lipinski definition) is 3. The van der Waals surface area contributed by atoms with Crippen molar-refractivity contribution in [3.63, 3.8) is 0 Å². The molecule has 0 fully saturated rings. The Kier molecular flexibility index (Phi) is 5.97. The number of urea groups is 1. The lowest BCUT2D eigenvalue weighted by Gasteiger charge is -2.18. The summed E-state index contributed by atoms with van der Waals surface area (Å²) < 4.78 is 49.3. The smallest absolute Gasteiger partial charge is 0.418 e. The highest BCUT2D eigenvalue weighted by Gasteiger charge is 2.33. The van der Waals surface area contributed by atoms with Crippen LogP contribution in [0.25, 0.3) is 0 Å². The van der Waals surface area contributed by atoms with Crippen LogP contribution < -0.4 is 20.1 Å². The van der Waals surface area contributed by atoms with Gasteiger partial charge >= 0.3 is 12.2 Å². The van der Waals surface area contributed by atoms with Crippen molar-refractivity contribution in [3.8, 4) is 11.5 Å². The summed E-state index contributed by atoms with van der Waals surface area (Å²) in [6.07, 6.45) is -4.56. The standard InChI is InChI=1S/C18H19F3N2O3/c1-11(12-8-9-15(25-2)16(10-12)26-3)22-17(24)23-14-7-5-4-6-13(14)18(19,20)21/h4-11H,1-3H3,(H2,22,23,24)/t11-/m0/s1. The van der Waals surface area contributed by atoms with Crippen molar-refractivity contribution in [2.75, 3.05) is 19.5 Å². The SMILES string of the molecule is COc1ccc([C@H](C)NC(=O)Nc2ccccc2C(F)(F)F)cc1OC. The second-order valence-electron chi connectivity index (χ2n) is 5.48. The van der Waals surface area contributed by atoms with Crippen LogP contribution in [0.3, 0.4) is 0 Å². The van der Waals surface area contributed by atoms with Crippen molar-refractivity contribution >= 4 is 11.7 Å². The maximum absolute atomic E-state index is 13.0. The minimum Gasteiger partial charge on any atom is -0.493 e. The third-order valence-electron chi connectivity index (χ3n) is 3.74. The minimum absolute atomic E-state index is 0.308. The van der Waals surface area contributed by atoms with Crippen LogP contribution in [0.15, 0.2) is 42.5 Å². The summed E-state index contributed by atoms with van der Waals surface area (Å²) >= 11 is 0. The normalized spacial score (nSPS) is 12.2. The molecule has 2 aromatic rings. The van der Waals surface area contributed by atoms with Gasteiger partial charge in [0, 0.05) is 0 Å². The third kappa shape index (κ3) is 4.59. The molecule has 2 amide bonds. The quantitative estimate of drug-likeness (QED) is 0.811. The topological polar surface area (TPSA) is 59.6 Å². The molecule has 140 valence electrons. The number of benzene rings is 2. The molecule has 0 radical (unpaired) electrons. The predicted molar refractivity (Wildman–Crippen MR) is 91.6 cm³/mol. The minimum atomic E-state index is -4.56. The summed E-state index contributed by atoms with van der Waals surface area (Å²) in [5.41, 5.74) is -0.507. The molecule has 2 rings (SSSR count). The van der Waals surface area contributed by atoms with Gasteiger partial charge in [-0.2, -0.15) is 13.2 Å². The van der Waals surface area contributed by atoms with Crippen molar-refractivity contribution in [1.82, 2.24) is 5.32 Å². The van der Waals surface area contributed by atoms with Crippen molar-refractivity contribution in [3.05, 3.63) is 53.6 Å². The number of nitrogens with one attached hydrogen (secondary N) is 2. The van der Waals surface area contributed by atoms with Gasteiger partial charge in [-0.3, -0.25) is 0 Å². The first-order valence-electron chi connectivity index (χ1n) is 7.72. The molecule has 0 aromatic heterocycles. The van der Waals surface area contributed by atoms with Gasteiger partial charge in [0.2, 0.25) is 0 Å². The Balaban J connectivity index is 2.11. The monoisotopic (exact) mass is 368 g/mol. The molecule has 0 bridgehead atoms. The van der Waals surface area contributed by atoms with E-state index in [0.717, 1.165) is 6.07 Å². The van der Waals surface area contributed by atoms with Crippen LogP contribution in [0.5, 0.6) is 11.5 Å². The molecule has 0 unspecified atom stereocenters. The molecule has 2 N–H and O–H groups in total. The molecule has 2 aromatic carbocycles. The number of para-hydroxylation sites is 1. The van der Waals surface area contributed by atoms with Gasteiger partial charge < -0.3 is 20.1 Å². The fraction of sp³-hybridized carbons (Fsp3) is 0.278. The highest BCUT2D eigenvalue weighted by Crippen LogP contribution is 2.34. The van der Waals surface area contributed by atoms with Gasteiger partial charge in [0.25, 0.3) is 0 Å². The van der Waals surface area contributed by atoms with Crippen molar-refractivity contribution < 1.29 is 27.4 Å². The summed E-state index contributed by atoms with van der Waals surface area (Å²) in [6, 6.07) is 8.68. The number of carbonyl (C=O) groups excluding carboxylic acids is 1. The summed E-state index contributed by atoms with van der Waals surface area (Å²) in [4.78, 5) is 12.1. The van der Waals surface area contributed by atoms with E-state index in [0.29, 0.717) is 17.1 Å². The molecule has 0 saturated heterocycles. The molecule has 0 aliphatic rings. The van der Waals surface area contributed by atoms with E-state index >= 15 is 0 Å². The molecule has 0 heterocycles. The molecule has 8 heteroatoms. The van der Waals surface area contributed by atoms with Crippen LogP contribution in [0.2, 0.25) is 0 Å². The Morgan fingerprint density at radius 3 is 2.31 bits per heavy atom. The number of alkyl halides is 3. The highest BCUT2D eigenvalue weighted by molar-refractivity contribution is 5.90. The average molecular weight is 368 g/mol. The average Bonchev–Trinajstić information content (AvgIpc) is 2.60. The van der Waals surface area contributed by atoms with E-state index in [9.17, 15) is 18.0 Å². The maximum Gasteiger partial charge on any atom is 0.418 e. The summed E-state index contributed by atoms with van der Waals surface area (Å²) in [6.45, 7) is 1.70. The second kappa shape index (κ2) is 7.99. The van der Waals surface area contributed by atoms with E-state index in [1.165, 1.54) is 32.4 Å². The number of carbonyl (C=O) groups is 1. The predicted octanol–water partition coefficient (Wildman–Crippen LogP) is 4.61. The largest absolute Gasteiger partial charge is 0.493 e. The van der Waals surface area contributed by atoms with E-state index in [-0.39, 0.29) is 5.69 Å². The highest BCUT2D eigenvalue weighted by atomic mass is 19.4. The molecule has 0 saturated carbocycles. The molecular formula is C18H19F3N2O3. The number of methoxy groups -OCH3 is 2. The molecule has 5 nitrogen and oxygen atoms in total. The molecule has 1 atom stereocenters. The lowest BCUT2D eigenvalue weighted by atomic mass is 10.1. The Morgan fingerprint density at radius 1 is 1.04 bits per heavy atom. The summed E-state index contributed by atoms with van der Waals surface area (Å²) in [7, 11) is 2.99. The molecular weight excluding hydrogens is 349 g/mol. The number of ether oxygens (including phenoxy) is 2. The zero-order valence-corrected chi connectivity index (χ0v) is 14.5. The number of anilines is 1. The van der Waals surface area contributed by atoms with Gasteiger partial charge in [-0.25, -0.2) is 4.79 Å². The van der Waals surface area contributed by atoms with Crippen LogP contribution in [0.1, 0.15) is 24.1 Å². The molecule has 0 aliphatic heterocycles. The number of hydrogen-bond donors (Lipinski definition) is 2.